The number of nitrogens with one attached hydrogen (secondary N) is 2. The molecule has 1 aromatic carbocycles. The molecule has 2 atom stereocenters. The Bertz CT molecular complexity index is 1120. The molecule has 0 radical (unpaired) electrons. The zero-order valence-corrected chi connectivity index (χ0v) is 20.5. The molecule has 1 aromatic heterocycles. The number of amides is 1. The van der Waals surface area contributed by atoms with Gasteiger partial charge in [-0.3, -0.25) is 9.69 Å². The number of piperidine rings is 1. The largest absolute Gasteiger partial charge is 0.476 e. The van der Waals surface area contributed by atoms with Gasteiger partial charge in [-0.25, -0.2) is 9.37 Å². The summed E-state index contributed by atoms with van der Waals surface area (Å²) in [7, 11) is 1.72. The van der Waals surface area contributed by atoms with E-state index in [4.69, 9.17) is 4.74 Å². The molecule has 2 N–H and O–H groups in total. The van der Waals surface area contributed by atoms with Crippen molar-refractivity contribution < 1.29 is 13.9 Å². The minimum absolute atomic E-state index is 0.0743. The van der Waals surface area contributed by atoms with Crippen LogP contribution < -0.4 is 20.3 Å². The molecule has 0 spiro atoms. The van der Waals surface area contributed by atoms with Gasteiger partial charge in [-0.1, -0.05) is 0 Å². The number of aromatic nitrogens is 2. The summed E-state index contributed by atoms with van der Waals surface area (Å²) in [6, 6.07) is 6.13. The third-order valence-electron chi connectivity index (χ3n) is 7.30. The monoisotopic (exact) mass is 468 g/mol. The average Bonchev–Trinajstić information content (AvgIpc) is 3.24. The van der Waals surface area contributed by atoms with Crippen LogP contribution in [0, 0.1) is 5.82 Å². The van der Waals surface area contributed by atoms with E-state index in [0.29, 0.717) is 23.2 Å². The lowest BCUT2D eigenvalue weighted by Gasteiger charge is -2.47. The van der Waals surface area contributed by atoms with Crippen molar-refractivity contribution >= 4 is 29.0 Å². The van der Waals surface area contributed by atoms with Crippen LogP contribution in [0.4, 0.5) is 27.5 Å². The predicted octanol–water partition coefficient (Wildman–Crippen LogP) is 4.31. The Labute approximate surface area is 199 Å². The van der Waals surface area contributed by atoms with Crippen molar-refractivity contribution in [2.75, 3.05) is 29.1 Å². The van der Waals surface area contributed by atoms with Crippen LogP contribution in [0.2, 0.25) is 0 Å². The fourth-order valence-corrected chi connectivity index (χ4v) is 5.75. The van der Waals surface area contributed by atoms with E-state index < -0.39 is 11.4 Å². The van der Waals surface area contributed by atoms with Gasteiger partial charge in [0.15, 0.2) is 17.2 Å². The minimum Gasteiger partial charge on any atom is -0.476 e. The van der Waals surface area contributed by atoms with Crippen molar-refractivity contribution in [1.29, 1.82) is 0 Å². The van der Waals surface area contributed by atoms with E-state index in [9.17, 15) is 9.18 Å². The highest BCUT2D eigenvalue weighted by molar-refractivity contribution is 6.02. The molecule has 2 fully saturated rings. The molecule has 0 saturated carbocycles. The summed E-state index contributed by atoms with van der Waals surface area (Å²) in [4.78, 5) is 25.3. The van der Waals surface area contributed by atoms with Crippen molar-refractivity contribution in [2.24, 2.45) is 0 Å². The Morgan fingerprint density at radius 2 is 2.03 bits per heavy atom. The van der Waals surface area contributed by atoms with Gasteiger partial charge in [0.1, 0.15) is 5.75 Å². The second kappa shape index (κ2) is 8.08. The maximum Gasteiger partial charge on any atom is 0.270 e. The number of likely N-dealkylation sites (N-methyl/N-ethyl adjacent to an activating group) is 1. The lowest BCUT2D eigenvalue weighted by molar-refractivity contribution is -0.132. The quantitative estimate of drug-likeness (QED) is 0.692. The number of fused-ring (bicyclic) bond motifs is 2. The smallest absolute Gasteiger partial charge is 0.270 e. The Morgan fingerprint density at radius 1 is 1.24 bits per heavy atom. The number of nitrogens with zero attached hydrogens (tertiary/aromatic N) is 4. The van der Waals surface area contributed by atoms with Crippen molar-refractivity contribution in [3.8, 4) is 5.75 Å². The van der Waals surface area contributed by atoms with Crippen LogP contribution >= 0.6 is 0 Å². The standard InChI is InChI=1S/C25H33FN6O2/c1-24(2)13-16(11-17-7-6-10-32(17)24)28-21-18(26)14-27-23(30-21)29-15-8-9-20-19(12-15)31(5)22(33)25(3,4)34-20/h8-9,12,14,16-17H,6-7,10-11,13H2,1-5H3,(H2,27,28,29,30)/t16-,17+/m1/s1. The number of anilines is 4. The molecule has 1 amide bonds. The minimum atomic E-state index is -0.916. The summed E-state index contributed by atoms with van der Waals surface area (Å²) in [5.41, 5.74) is 0.492. The number of hydrogen-bond acceptors (Lipinski definition) is 7. The molecule has 0 aliphatic carbocycles. The van der Waals surface area contributed by atoms with Gasteiger partial charge >= 0.3 is 0 Å². The molecule has 34 heavy (non-hydrogen) atoms. The first-order chi connectivity index (χ1) is 16.0. The van der Waals surface area contributed by atoms with Crippen molar-refractivity contribution in [1.82, 2.24) is 14.9 Å². The summed E-state index contributed by atoms with van der Waals surface area (Å²) in [6.45, 7) is 9.18. The van der Waals surface area contributed by atoms with Gasteiger partial charge in [0.2, 0.25) is 5.95 Å². The van der Waals surface area contributed by atoms with Gasteiger partial charge in [-0.2, -0.15) is 4.98 Å². The average molecular weight is 469 g/mol. The lowest BCUT2D eigenvalue weighted by atomic mass is 9.84. The fraction of sp³-hybridized carbons (Fsp3) is 0.560. The lowest BCUT2D eigenvalue weighted by Crippen LogP contribution is -2.55. The fourth-order valence-electron chi connectivity index (χ4n) is 5.75. The Morgan fingerprint density at radius 3 is 2.82 bits per heavy atom. The molecule has 0 unspecified atom stereocenters. The molecule has 8 nitrogen and oxygen atoms in total. The van der Waals surface area contributed by atoms with Crippen LogP contribution in [0.25, 0.3) is 0 Å². The molecule has 3 aliphatic heterocycles. The molecule has 0 bridgehead atoms. The molecular weight excluding hydrogens is 435 g/mol. The first kappa shape index (κ1) is 22.8. The number of halogens is 1. The molecule has 4 heterocycles. The van der Waals surface area contributed by atoms with E-state index in [2.05, 4.69) is 39.3 Å². The molecule has 2 saturated heterocycles. The van der Waals surface area contributed by atoms with E-state index >= 15 is 0 Å². The van der Waals surface area contributed by atoms with Gasteiger partial charge in [0.25, 0.3) is 5.91 Å². The van der Waals surface area contributed by atoms with Crippen molar-refractivity contribution in [2.45, 2.75) is 76.6 Å². The van der Waals surface area contributed by atoms with Gasteiger partial charge in [0.05, 0.1) is 11.9 Å². The summed E-state index contributed by atoms with van der Waals surface area (Å²) in [6.07, 6.45) is 5.51. The number of carbonyl (C=O) groups excluding carboxylic acids is 1. The van der Waals surface area contributed by atoms with Gasteiger partial charge in [-0.05, 0) is 78.1 Å². The van der Waals surface area contributed by atoms with E-state index in [1.807, 2.05) is 12.1 Å². The molecular formula is C25H33FN6O2. The topological polar surface area (TPSA) is 82.6 Å². The van der Waals surface area contributed by atoms with Crippen molar-refractivity contribution in [3.05, 3.63) is 30.2 Å². The highest BCUT2D eigenvalue weighted by atomic mass is 19.1. The molecule has 9 heteroatoms. The highest BCUT2D eigenvalue weighted by Crippen LogP contribution is 2.40. The third kappa shape index (κ3) is 4.06. The van der Waals surface area contributed by atoms with E-state index in [-0.39, 0.29) is 29.3 Å². The van der Waals surface area contributed by atoms with Gasteiger partial charge < -0.3 is 20.3 Å². The number of hydrogen-bond donors (Lipinski definition) is 2. The SMILES string of the molecule is CN1C(=O)C(C)(C)Oc2ccc(Nc3ncc(F)c(N[C@@H]4C[C@@H]5CCCN5C(C)(C)C4)n3)cc21. The zero-order chi connectivity index (χ0) is 24.3. The van der Waals surface area contributed by atoms with Crippen LogP contribution in [-0.2, 0) is 4.79 Å². The second-order valence-electron chi connectivity index (χ2n) is 10.8. The maximum atomic E-state index is 14.6. The zero-order valence-electron chi connectivity index (χ0n) is 20.5. The normalized spacial score (nSPS) is 25.4. The third-order valence-corrected chi connectivity index (χ3v) is 7.30. The van der Waals surface area contributed by atoms with Crippen molar-refractivity contribution in [3.63, 3.8) is 0 Å². The maximum absolute atomic E-state index is 14.6. The van der Waals surface area contributed by atoms with E-state index in [0.717, 1.165) is 19.4 Å². The van der Waals surface area contributed by atoms with Crippen LogP contribution in [0.3, 0.4) is 0 Å². The van der Waals surface area contributed by atoms with Crippen LogP contribution in [0.5, 0.6) is 5.75 Å². The number of ether oxygens (including phenoxy) is 1. The molecule has 3 aliphatic rings. The summed E-state index contributed by atoms with van der Waals surface area (Å²) >= 11 is 0. The first-order valence-electron chi connectivity index (χ1n) is 12.0. The summed E-state index contributed by atoms with van der Waals surface area (Å²) < 4.78 is 20.5. The van der Waals surface area contributed by atoms with Crippen LogP contribution in [-0.4, -0.2) is 57.6 Å². The number of rotatable bonds is 4. The van der Waals surface area contributed by atoms with Crippen LogP contribution in [0.15, 0.2) is 24.4 Å². The molecule has 5 rings (SSSR count). The predicted molar refractivity (Wildman–Crippen MR) is 130 cm³/mol. The van der Waals surface area contributed by atoms with E-state index in [1.165, 1.54) is 19.0 Å². The summed E-state index contributed by atoms with van der Waals surface area (Å²) in [5, 5.41) is 6.49. The number of benzene rings is 1. The van der Waals surface area contributed by atoms with Gasteiger partial charge in [0, 0.05) is 30.4 Å². The molecule has 182 valence electrons. The molecule has 2 aromatic rings. The summed E-state index contributed by atoms with van der Waals surface area (Å²) in [5.74, 6) is 0.523. The van der Waals surface area contributed by atoms with Crippen LogP contribution in [0.1, 0.15) is 53.4 Å². The Balaban J connectivity index is 1.34. The Hall–Kier alpha value is -2.94. The number of carbonyl (C=O) groups is 1. The van der Waals surface area contributed by atoms with E-state index in [1.54, 1.807) is 31.9 Å². The highest BCUT2D eigenvalue weighted by Gasteiger charge is 2.43. The first-order valence-corrected chi connectivity index (χ1v) is 12.0. The van der Waals surface area contributed by atoms with Gasteiger partial charge in [-0.15, -0.1) is 0 Å². The Kier molecular flexibility index (Phi) is 5.42. The second-order valence-corrected chi connectivity index (χ2v) is 10.8.